The summed E-state index contributed by atoms with van der Waals surface area (Å²) in [7, 11) is 0. The first-order chi connectivity index (χ1) is 8.08. The van der Waals surface area contributed by atoms with E-state index in [1.807, 2.05) is 0 Å². The number of anilines is 1. The summed E-state index contributed by atoms with van der Waals surface area (Å²) < 4.78 is 1.31. The minimum Gasteiger partial charge on any atom is -0.365 e. The molecule has 3 heteroatoms. The van der Waals surface area contributed by atoms with Crippen molar-refractivity contribution in [2.24, 2.45) is 5.92 Å². The summed E-state index contributed by atoms with van der Waals surface area (Å²) in [5, 5.41) is 3.58. The predicted octanol–water partition coefficient (Wildman–Crippen LogP) is 3.11. The Morgan fingerprint density at radius 2 is 2.18 bits per heavy atom. The van der Waals surface area contributed by atoms with Gasteiger partial charge in [0.1, 0.15) is 0 Å². The Kier molecular flexibility index (Phi) is 4.31. The summed E-state index contributed by atoms with van der Waals surface area (Å²) in [6.45, 7) is 9.07. The molecule has 0 aromatic heterocycles. The summed E-state index contributed by atoms with van der Waals surface area (Å²) in [5.41, 5.74) is 1.36. The van der Waals surface area contributed by atoms with Crippen molar-refractivity contribution in [1.82, 2.24) is 5.32 Å². The molecule has 1 aliphatic rings. The second kappa shape index (κ2) is 5.57. The largest absolute Gasteiger partial charge is 0.365 e. The number of nitrogens with one attached hydrogen (secondary N) is 1. The lowest BCUT2D eigenvalue weighted by atomic mass is 9.98. The van der Waals surface area contributed by atoms with Crippen molar-refractivity contribution < 1.29 is 0 Å². The number of halogens is 1. The van der Waals surface area contributed by atoms with Crippen LogP contribution in [-0.2, 0) is 0 Å². The van der Waals surface area contributed by atoms with Gasteiger partial charge in [0.2, 0.25) is 0 Å². The van der Waals surface area contributed by atoms with Crippen LogP contribution in [0.1, 0.15) is 20.8 Å². The third kappa shape index (κ3) is 3.13. The van der Waals surface area contributed by atoms with Gasteiger partial charge in [-0.1, -0.05) is 19.9 Å². The number of hydrogen-bond acceptors (Lipinski definition) is 2. The van der Waals surface area contributed by atoms with Crippen LogP contribution in [0.4, 0.5) is 5.69 Å². The first kappa shape index (κ1) is 13.1. The Bertz CT molecular complexity index is 378. The summed E-state index contributed by atoms with van der Waals surface area (Å²) in [5.74, 6) is 0.674. The van der Waals surface area contributed by atoms with Gasteiger partial charge in [0.25, 0.3) is 0 Å². The topological polar surface area (TPSA) is 15.3 Å². The minimum atomic E-state index is 0.572. The molecule has 0 spiro atoms. The normalized spacial score (nSPS) is 25.4. The van der Waals surface area contributed by atoms with E-state index in [0.29, 0.717) is 18.0 Å². The Hall–Kier alpha value is -0.290. The van der Waals surface area contributed by atoms with Crippen molar-refractivity contribution in [1.29, 1.82) is 0 Å². The van der Waals surface area contributed by atoms with E-state index in [4.69, 9.17) is 0 Å². The third-order valence-corrected chi connectivity index (χ3v) is 4.13. The van der Waals surface area contributed by atoms with Crippen molar-refractivity contribution in [2.75, 3.05) is 18.0 Å². The molecule has 1 N–H and O–H groups in total. The van der Waals surface area contributed by atoms with Crippen LogP contribution in [0.3, 0.4) is 0 Å². The van der Waals surface area contributed by atoms with Gasteiger partial charge in [-0.2, -0.15) is 0 Å². The fraction of sp³-hybridized carbons (Fsp3) is 0.571. The van der Waals surface area contributed by atoms with Gasteiger partial charge in [-0.05, 0) is 53.6 Å². The SMILES string of the molecule is CC1CN(c2cccc(I)c2)C(C(C)C)CN1. The van der Waals surface area contributed by atoms with Crippen molar-refractivity contribution >= 4 is 28.3 Å². The Morgan fingerprint density at radius 1 is 1.41 bits per heavy atom. The summed E-state index contributed by atoms with van der Waals surface area (Å²) >= 11 is 2.39. The van der Waals surface area contributed by atoms with E-state index in [0.717, 1.165) is 13.1 Å². The fourth-order valence-electron chi connectivity index (χ4n) is 2.47. The molecule has 1 saturated heterocycles. The molecule has 0 aliphatic carbocycles. The molecule has 1 aromatic rings. The zero-order valence-electron chi connectivity index (χ0n) is 10.8. The number of hydrogen-bond donors (Lipinski definition) is 1. The second-order valence-electron chi connectivity index (χ2n) is 5.25. The molecule has 0 saturated carbocycles. The van der Waals surface area contributed by atoms with Crippen molar-refractivity contribution in [2.45, 2.75) is 32.9 Å². The number of nitrogens with zero attached hydrogens (tertiary/aromatic N) is 1. The molecule has 2 unspecified atom stereocenters. The fourth-order valence-corrected chi connectivity index (χ4v) is 3.00. The van der Waals surface area contributed by atoms with E-state index in [9.17, 15) is 0 Å². The molecule has 2 rings (SSSR count). The molecule has 1 fully saturated rings. The van der Waals surface area contributed by atoms with Crippen molar-refractivity contribution in [3.05, 3.63) is 27.8 Å². The van der Waals surface area contributed by atoms with Gasteiger partial charge in [-0.25, -0.2) is 0 Å². The molecule has 17 heavy (non-hydrogen) atoms. The van der Waals surface area contributed by atoms with Crippen LogP contribution in [0.15, 0.2) is 24.3 Å². The van der Waals surface area contributed by atoms with E-state index >= 15 is 0 Å². The number of benzene rings is 1. The van der Waals surface area contributed by atoms with Gasteiger partial charge in [0.15, 0.2) is 0 Å². The predicted molar refractivity (Wildman–Crippen MR) is 82.6 cm³/mol. The highest BCUT2D eigenvalue weighted by molar-refractivity contribution is 14.1. The summed E-state index contributed by atoms with van der Waals surface area (Å²) in [6, 6.07) is 10.00. The Balaban J connectivity index is 2.25. The van der Waals surface area contributed by atoms with E-state index in [2.05, 4.69) is 77.8 Å². The molecule has 0 bridgehead atoms. The lowest BCUT2D eigenvalue weighted by molar-refractivity contribution is 0.349. The van der Waals surface area contributed by atoms with Crippen LogP contribution in [0.25, 0.3) is 0 Å². The maximum atomic E-state index is 3.58. The highest BCUT2D eigenvalue weighted by Gasteiger charge is 2.28. The maximum absolute atomic E-state index is 3.58. The summed E-state index contributed by atoms with van der Waals surface area (Å²) in [4.78, 5) is 2.56. The lowest BCUT2D eigenvalue weighted by Crippen LogP contribution is -2.57. The molecule has 1 aliphatic heterocycles. The highest BCUT2D eigenvalue weighted by atomic mass is 127. The monoisotopic (exact) mass is 344 g/mol. The molecule has 0 amide bonds. The second-order valence-corrected chi connectivity index (χ2v) is 6.50. The van der Waals surface area contributed by atoms with E-state index < -0.39 is 0 Å². The van der Waals surface area contributed by atoms with Crippen molar-refractivity contribution in [3.8, 4) is 0 Å². The zero-order valence-corrected chi connectivity index (χ0v) is 12.9. The van der Waals surface area contributed by atoms with Gasteiger partial charge in [-0.3, -0.25) is 0 Å². The maximum Gasteiger partial charge on any atom is 0.0438 e. The summed E-state index contributed by atoms with van der Waals surface area (Å²) in [6.07, 6.45) is 0. The molecular formula is C14H21IN2. The minimum absolute atomic E-state index is 0.572. The van der Waals surface area contributed by atoms with Gasteiger partial charge in [0.05, 0.1) is 0 Å². The van der Waals surface area contributed by atoms with E-state index in [1.54, 1.807) is 0 Å². The van der Waals surface area contributed by atoms with E-state index in [1.165, 1.54) is 9.26 Å². The average Bonchev–Trinajstić information content (AvgIpc) is 2.28. The van der Waals surface area contributed by atoms with Gasteiger partial charge < -0.3 is 10.2 Å². The Morgan fingerprint density at radius 3 is 2.82 bits per heavy atom. The van der Waals surface area contributed by atoms with Crippen LogP contribution >= 0.6 is 22.6 Å². The molecule has 0 radical (unpaired) electrons. The van der Waals surface area contributed by atoms with Crippen LogP contribution in [-0.4, -0.2) is 25.2 Å². The van der Waals surface area contributed by atoms with Crippen LogP contribution in [0.5, 0.6) is 0 Å². The molecular weight excluding hydrogens is 323 g/mol. The average molecular weight is 344 g/mol. The number of piperazine rings is 1. The molecule has 2 nitrogen and oxygen atoms in total. The highest BCUT2D eigenvalue weighted by Crippen LogP contribution is 2.25. The van der Waals surface area contributed by atoms with Crippen LogP contribution < -0.4 is 10.2 Å². The van der Waals surface area contributed by atoms with Gasteiger partial charge in [0, 0.05) is 34.4 Å². The van der Waals surface area contributed by atoms with E-state index in [-0.39, 0.29) is 0 Å². The quantitative estimate of drug-likeness (QED) is 0.830. The van der Waals surface area contributed by atoms with Crippen LogP contribution in [0.2, 0.25) is 0 Å². The standard InChI is InChI=1S/C14H21IN2/c1-10(2)14-8-16-11(3)9-17(14)13-6-4-5-12(15)7-13/h4-7,10-11,14,16H,8-9H2,1-3H3. The van der Waals surface area contributed by atoms with Crippen molar-refractivity contribution in [3.63, 3.8) is 0 Å². The molecule has 94 valence electrons. The third-order valence-electron chi connectivity index (χ3n) is 3.46. The van der Waals surface area contributed by atoms with Crippen LogP contribution in [0, 0.1) is 9.49 Å². The first-order valence-electron chi connectivity index (χ1n) is 6.33. The number of rotatable bonds is 2. The first-order valence-corrected chi connectivity index (χ1v) is 7.41. The smallest absolute Gasteiger partial charge is 0.0438 e. The Labute approximate surface area is 118 Å². The molecule has 1 heterocycles. The van der Waals surface area contributed by atoms with Gasteiger partial charge >= 0.3 is 0 Å². The molecule has 1 aromatic carbocycles. The lowest BCUT2D eigenvalue weighted by Gasteiger charge is -2.43. The molecule has 2 atom stereocenters. The zero-order chi connectivity index (χ0) is 12.4. The van der Waals surface area contributed by atoms with Gasteiger partial charge in [-0.15, -0.1) is 0 Å².